The molecule has 0 heterocycles. The molecule has 1 saturated carbocycles. The molecule has 118 valence electrons. The topological polar surface area (TPSA) is 29.1 Å². The number of hydrogen-bond donors (Lipinski definition) is 1. The van der Waals surface area contributed by atoms with E-state index in [1.54, 1.807) is 0 Å². The highest BCUT2D eigenvalue weighted by atomic mass is 32.2. The molecule has 3 heteroatoms. The van der Waals surface area contributed by atoms with Crippen molar-refractivity contribution in [3.05, 3.63) is 35.9 Å². The third kappa shape index (κ3) is 4.17. The van der Waals surface area contributed by atoms with Crippen molar-refractivity contribution >= 4 is 10.8 Å². The average molecular weight is 308 g/mol. The van der Waals surface area contributed by atoms with Gasteiger partial charge in [0.2, 0.25) is 0 Å². The predicted octanol–water partition coefficient (Wildman–Crippen LogP) is 4.05. The summed E-state index contributed by atoms with van der Waals surface area (Å²) < 4.78 is 13.1. The zero-order valence-corrected chi connectivity index (χ0v) is 14.4. The first-order chi connectivity index (χ1) is 10.2. The normalized spacial score (nSPS) is 27.0. The van der Waals surface area contributed by atoms with Gasteiger partial charge >= 0.3 is 0 Å². The van der Waals surface area contributed by atoms with Crippen LogP contribution in [0.1, 0.15) is 57.6 Å². The zero-order chi connectivity index (χ0) is 15.2. The van der Waals surface area contributed by atoms with Crippen molar-refractivity contribution in [2.75, 3.05) is 7.05 Å². The van der Waals surface area contributed by atoms with Crippen molar-refractivity contribution in [3.8, 4) is 0 Å². The standard InChI is InChI=1S/C18H29NOS/c1-4-17(18(19-3)15-10-6-5-7-11-15)21(20)16-12-8-9-14(2)13-16/h5-7,10-11,14,16-19H,4,8-9,12-13H2,1-3H3. The highest BCUT2D eigenvalue weighted by molar-refractivity contribution is 7.86. The van der Waals surface area contributed by atoms with Crippen molar-refractivity contribution in [3.63, 3.8) is 0 Å². The van der Waals surface area contributed by atoms with Gasteiger partial charge in [-0.25, -0.2) is 0 Å². The molecular weight excluding hydrogens is 278 g/mol. The van der Waals surface area contributed by atoms with E-state index >= 15 is 0 Å². The van der Waals surface area contributed by atoms with Gasteiger partial charge in [-0.1, -0.05) is 57.0 Å². The van der Waals surface area contributed by atoms with Gasteiger partial charge in [-0.05, 0) is 37.8 Å². The number of benzene rings is 1. The molecular formula is C18H29NOS. The van der Waals surface area contributed by atoms with Crippen LogP contribution in [0.5, 0.6) is 0 Å². The van der Waals surface area contributed by atoms with Gasteiger partial charge in [-0.2, -0.15) is 0 Å². The van der Waals surface area contributed by atoms with Gasteiger partial charge in [-0.15, -0.1) is 0 Å². The molecule has 1 fully saturated rings. The summed E-state index contributed by atoms with van der Waals surface area (Å²) in [6, 6.07) is 10.6. The second-order valence-electron chi connectivity index (χ2n) is 6.35. The summed E-state index contributed by atoms with van der Waals surface area (Å²) in [6.07, 6.45) is 5.77. The fourth-order valence-corrected chi connectivity index (χ4v) is 5.90. The van der Waals surface area contributed by atoms with Gasteiger partial charge in [0.25, 0.3) is 0 Å². The molecule has 1 aromatic carbocycles. The van der Waals surface area contributed by atoms with Crippen LogP contribution in [0.4, 0.5) is 0 Å². The maximum atomic E-state index is 13.1. The second-order valence-corrected chi connectivity index (χ2v) is 8.28. The van der Waals surface area contributed by atoms with Crippen LogP contribution in [-0.2, 0) is 10.8 Å². The Morgan fingerprint density at radius 2 is 2.00 bits per heavy atom. The molecule has 2 rings (SSSR count). The smallest absolute Gasteiger partial charge is 0.0543 e. The maximum Gasteiger partial charge on any atom is 0.0543 e. The van der Waals surface area contributed by atoms with Crippen LogP contribution in [0, 0.1) is 5.92 Å². The summed E-state index contributed by atoms with van der Waals surface area (Å²) in [5.41, 5.74) is 1.25. The molecule has 1 aliphatic carbocycles. The fraction of sp³-hybridized carbons (Fsp3) is 0.667. The third-order valence-electron chi connectivity index (χ3n) is 4.76. The van der Waals surface area contributed by atoms with Gasteiger partial charge in [0.1, 0.15) is 0 Å². The first kappa shape index (κ1) is 16.7. The average Bonchev–Trinajstić information content (AvgIpc) is 2.52. The zero-order valence-electron chi connectivity index (χ0n) is 13.5. The van der Waals surface area contributed by atoms with Gasteiger partial charge in [0.15, 0.2) is 0 Å². The lowest BCUT2D eigenvalue weighted by molar-refractivity contribution is 0.386. The highest BCUT2D eigenvalue weighted by Crippen LogP contribution is 2.32. The molecule has 1 N–H and O–H groups in total. The Kier molecular flexibility index (Phi) is 6.43. The Morgan fingerprint density at radius 1 is 1.29 bits per heavy atom. The van der Waals surface area contributed by atoms with Crippen molar-refractivity contribution in [2.45, 2.75) is 62.5 Å². The van der Waals surface area contributed by atoms with Crippen molar-refractivity contribution in [2.24, 2.45) is 5.92 Å². The van der Waals surface area contributed by atoms with Gasteiger partial charge in [0.05, 0.1) is 5.25 Å². The van der Waals surface area contributed by atoms with E-state index in [2.05, 4.69) is 43.4 Å². The molecule has 21 heavy (non-hydrogen) atoms. The predicted molar refractivity (Wildman–Crippen MR) is 91.9 cm³/mol. The summed E-state index contributed by atoms with van der Waals surface area (Å²) in [5, 5.41) is 4.00. The van der Waals surface area contributed by atoms with Crippen molar-refractivity contribution in [1.82, 2.24) is 5.32 Å². The van der Waals surface area contributed by atoms with Crippen molar-refractivity contribution < 1.29 is 4.21 Å². The summed E-state index contributed by atoms with van der Waals surface area (Å²) in [5.74, 6) is 0.731. The van der Waals surface area contributed by atoms with Crippen LogP contribution in [0.15, 0.2) is 30.3 Å². The molecule has 0 aliphatic heterocycles. The monoisotopic (exact) mass is 307 g/mol. The fourth-order valence-electron chi connectivity index (χ4n) is 3.60. The van der Waals surface area contributed by atoms with Gasteiger partial charge < -0.3 is 5.32 Å². The molecule has 2 nitrogen and oxygen atoms in total. The van der Waals surface area contributed by atoms with E-state index in [0.717, 1.165) is 25.2 Å². The molecule has 0 saturated heterocycles. The Hall–Kier alpha value is -0.670. The minimum atomic E-state index is -0.758. The van der Waals surface area contributed by atoms with E-state index in [1.165, 1.54) is 18.4 Å². The lowest BCUT2D eigenvalue weighted by Crippen LogP contribution is -2.38. The van der Waals surface area contributed by atoms with Crippen LogP contribution in [0.25, 0.3) is 0 Å². The second kappa shape index (κ2) is 8.09. The number of nitrogens with one attached hydrogen (secondary N) is 1. The summed E-state index contributed by atoms with van der Waals surface area (Å²) in [4.78, 5) is 0. The lowest BCUT2D eigenvalue weighted by atomic mass is 9.90. The van der Waals surface area contributed by atoms with Crippen LogP contribution >= 0.6 is 0 Å². The quantitative estimate of drug-likeness (QED) is 0.859. The molecule has 1 aliphatic rings. The Labute approximate surface area is 132 Å². The molecule has 0 aromatic heterocycles. The van der Waals surface area contributed by atoms with Crippen LogP contribution < -0.4 is 5.32 Å². The molecule has 5 unspecified atom stereocenters. The van der Waals surface area contributed by atoms with E-state index in [4.69, 9.17) is 0 Å². The third-order valence-corrected chi connectivity index (χ3v) is 7.05. The maximum absolute atomic E-state index is 13.1. The van der Waals surface area contributed by atoms with Gasteiger partial charge in [-0.3, -0.25) is 4.21 Å². The summed E-state index contributed by atoms with van der Waals surface area (Å²) >= 11 is 0. The minimum Gasteiger partial charge on any atom is -0.312 e. The van der Waals surface area contributed by atoms with Crippen molar-refractivity contribution in [1.29, 1.82) is 0 Å². The number of rotatable bonds is 6. The number of hydrogen-bond acceptors (Lipinski definition) is 2. The molecule has 0 spiro atoms. The largest absolute Gasteiger partial charge is 0.312 e. The molecule has 1 aromatic rings. The highest BCUT2D eigenvalue weighted by Gasteiger charge is 2.32. The van der Waals surface area contributed by atoms with Gasteiger partial charge in [0, 0.05) is 22.1 Å². The van der Waals surface area contributed by atoms with Crippen LogP contribution in [-0.4, -0.2) is 21.8 Å². The summed E-state index contributed by atoms with van der Waals surface area (Å²) in [7, 11) is 1.23. The SMILES string of the molecule is CCC(C(NC)c1ccccc1)S(=O)C1CCCC(C)C1. The molecule has 5 atom stereocenters. The first-order valence-electron chi connectivity index (χ1n) is 8.29. The Morgan fingerprint density at radius 3 is 2.57 bits per heavy atom. The Balaban J connectivity index is 2.15. The van der Waals surface area contributed by atoms with E-state index in [0.29, 0.717) is 5.25 Å². The molecule has 0 amide bonds. The molecule has 0 radical (unpaired) electrons. The first-order valence-corrected chi connectivity index (χ1v) is 9.56. The summed E-state index contributed by atoms with van der Waals surface area (Å²) in [6.45, 7) is 4.47. The lowest BCUT2D eigenvalue weighted by Gasteiger charge is -2.33. The van der Waals surface area contributed by atoms with E-state index in [1.807, 2.05) is 13.1 Å². The molecule has 0 bridgehead atoms. The van der Waals surface area contributed by atoms with Crippen LogP contribution in [0.3, 0.4) is 0 Å². The van der Waals surface area contributed by atoms with E-state index in [9.17, 15) is 4.21 Å². The van der Waals surface area contributed by atoms with E-state index in [-0.39, 0.29) is 11.3 Å². The Bertz CT molecular complexity index is 448. The minimum absolute atomic E-state index is 0.189. The van der Waals surface area contributed by atoms with E-state index < -0.39 is 10.8 Å². The van der Waals surface area contributed by atoms with Crippen LogP contribution in [0.2, 0.25) is 0 Å².